The Balaban J connectivity index is 1.76. The van der Waals surface area contributed by atoms with E-state index in [2.05, 4.69) is 35.7 Å². The molecule has 6 nitrogen and oxygen atoms in total. The van der Waals surface area contributed by atoms with E-state index in [1.165, 1.54) is 6.92 Å². The van der Waals surface area contributed by atoms with Crippen LogP contribution in [-0.4, -0.2) is 60.2 Å². The number of carbonyl (C=O) groups excluding carboxylic acids is 1. The SMILES string of the molecule is CC(=O)OCCN1CCN(c2ncc(Br)cn2)CC1. The molecular formula is C12H17BrN4O2. The van der Waals surface area contributed by atoms with Crippen molar-refractivity contribution in [1.29, 1.82) is 0 Å². The van der Waals surface area contributed by atoms with Gasteiger partial charge in [0, 0.05) is 52.0 Å². The van der Waals surface area contributed by atoms with Gasteiger partial charge in [0.1, 0.15) is 6.61 Å². The Labute approximate surface area is 120 Å². The fourth-order valence-electron chi connectivity index (χ4n) is 1.96. The predicted octanol–water partition coefficient (Wildman–Crippen LogP) is 0.924. The highest BCUT2D eigenvalue weighted by atomic mass is 79.9. The first-order chi connectivity index (χ1) is 9.15. The van der Waals surface area contributed by atoms with Gasteiger partial charge < -0.3 is 9.64 Å². The van der Waals surface area contributed by atoms with Crippen molar-refractivity contribution in [2.45, 2.75) is 6.92 Å². The van der Waals surface area contributed by atoms with Crippen LogP contribution in [0.2, 0.25) is 0 Å². The van der Waals surface area contributed by atoms with Crippen LogP contribution in [0.15, 0.2) is 16.9 Å². The Morgan fingerprint density at radius 1 is 1.32 bits per heavy atom. The van der Waals surface area contributed by atoms with Crippen LogP contribution in [0.1, 0.15) is 6.92 Å². The van der Waals surface area contributed by atoms with Crippen LogP contribution in [0, 0.1) is 0 Å². The number of piperazine rings is 1. The first kappa shape index (κ1) is 14.2. The number of hydrogen-bond acceptors (Lipinski definition) is 6. The summed E-state index contributed by atoms with van der Waals surface area (Å²) >= 11 is 3.33. The maximum atomic E-state index is 10.7. The monoisotopic (exact) mass is 328 g/mol. The molecule has 1 aliphatic heterocycles. The average molecular weight is 329 g/mol. The van der Waals surface area contributed by atoms with Gasteiger partial charge in [0.05, 0.1) is 4.47 Å². The van der Waals surface area contributed by atoms with Gasteiger partial charge in [-0.1, -0.05) is 0 Å². The topological polar surface area (TPSA) is 58.6 Å². The number of aromatic nitrogens is 2. The molecular weight excluding hydrogens is 312 g/mol. The summed E-state index contributed by atoms with van der Waals surface area (Å²) in [7, 11) is 0. The van der Waals surface area contributed by atoms with E-state index in [1.807, 2.05) is 0 Å². The molecule has 0 radical (unpaired) electrons. The highest BCUT2D eigenvalue weighted by Crippen LogP contribution is 2.13. The van der Waals surface area contributed by atoms with Gasteiger partial charge >= 0.3 is 5.97 Å². The first-order valence-electron chi connectivity index (χ1n) is 6.23. The number of rotatable bonds is 4. The second-order valence-corrected chi connectivity index (χ2v) is 5.29. The minimum atomic E-state index is -0.220. The van der Waals surface area contributed by atoms with E-state index in [0.29, 0.717) is 6.61 Å². The lowest BCUT2D eigenvalue weighted by Crippen LogP contribution is -2.47. The number of ether oxygens (including phenoxy) is 1. The summed E-state index contributed by atoms with van der Waals surface area (Å²) < 4.78 is 5.83. The van der Waals surface area contributed by atoms with Crippen LogP contribution >= 0.6 is 15.9 Å². The van der Waals surface area contributed by atoms with Crippen molar-refractivity contribution < 1.29 is 9.53 Å². The minimum absolute atomic E-state index is 0.220. The lowest BCUT2D eigenvalue weighted by Gasteiger charge is -2.34. The molecule has 19 heavy (non-hydrogen) atoms. The van der Waals surface area contributed by atoms with Crippen molar-refractivity contribution in [2.75, 3.05) is 44.2 Å². The molecule has 1 fully saturated rings. The summed E-state index contributed by atoms with van der Waals surface area (Å²) in [5, 5.41) is 0. The summed E-state index contributed by atoms with van der Waals surface area (Å²) in [6.45, 7) is 6.33. The van der Waals surface area contributed by atoms with Gasteiger partial charge in [-0.05, 0) is 15.9 Å². The fourth-order valence-corrected chi connectivity index (χ4v) is 2.16. The smallest absolute Gasteiger partial charge is 0.302 e. The predicted molar refractivity (Wildman–Crippen MR) is 75.0 cm³/mol. The van der Waals surface area contributed by atoms with Crippen LogP contribution in [0.25, 0.3) is 0 Å². The third-order valence-electron chi connectivity index (χ3n) is 2.97. The molecule has 1 aromatic rings. The lowest BCUT2D eigenvalue weighted by atomic mass is 10.3. The van der Waals surface area contributed by atoms with E-state index in [9.17, 15) is 4.79 Å². The molecule has 0 amide bonds. The zero-order valence-electron chi connectivity index (χ0n) is 10.9. The zero-order chi connectivity index (χ0) is 13.7. The summed E-state index contributed by atoms with van der Waals surface area (Å²) in [5.41, 5.74) is 0. The number of carbonyl (C=O) groups is 1. The minimum Gasteiger partial charge on any atom is -0.465 e. The number of anilines is 1. The van der Waals surface area contributed by atoms with Crippen LogP contribution < -0.4 is 4.90 Å². The molecule has 104 valence electrons. The summed E-state index contributed by atoms with van der Waals surface area (Å²) in [4.78, 5) is 23.7. The van der Waals surface area contributed by atoms with E-state index >= 15 is 0 Å². The Kier molecular flexibility index (Phi) is 5.09. The van der Waals surface area contributed by atoms with Gasteiger partial charge in [-0.3, -0.25) is 9.69 Å². The molecule has 7 heteroatoms. The average Bonchev–Trinajstić information content (AvgIpc) is 2.40. The van der Waals surface area contributed by atoms with Crippen LogP contribution in [0.3, 0.4) is 0 Å². The maximum Gasteiger partial charge on any atom is 0.302 e. The standard InChI is InChI=1S/C12H17BrN4O2/c1-10(18)19-7-6-16-2-4-17(5-3-16)12-14-8-11(13)9-15-12/h8-9H,2-7H2,1H3. The highest BCUT2D eigenvalue weighted by molar-refractivity contribution is 9.10. The Hall–Kier alpha value is -1.21. The van der Waals surface area contributed by atoms with Gasteiger partial charge in [-0.25, -0.2) is 9.97 Å². The van der Waals surface area contributed by atoms with E-state index in [4.69, 9.17) is 4.74 Å². The number of esters is 1. The quantitative estimate of drug-likeness (QED) is 0.766. The molecule has 0 N–H and O–H groups in total. The molecule has 0 aromatic carbocycles. The van der Waals surface area contributed by atoms with Gasteiger partial charge in [-0.15, -0.1) is 0 Å². The number of hydrogen-bond donors (Lipinski definition) is 0. The summed E-state index contributed by atoms with van der Waals surface area (Å²) in [6.07, 6.45) is 3.52. The second kappa shape index (κ2) is 6.81. The third-order valence-corrected chi connectivity index (χ3v) is 3.38. The largest absolute Gasteiger partial charge is 0.465 e. The molecule has 1 aromatic heterocycles. The third kappa shape index (κ3) is 4.43. The first-order valence-corrected chi connectivity index (χ1v) is 7.02. The molecule has 0 unspecified atom stereocenters. The van der Waals surface area contributed by atoms with Crippen LogP contribution in [-0.2, 0) is 9.53 Å². The Morgan fingerprint density at radius 2 is 1.95 bits per heavy atom. The van der Waals surface area contributed by atoms with Crippen molar-refractivity contribution in [1.82, 2.24) is 14.9 Å². The molecule has 1 aliphatic rings. The van der Waals surface area contributed by atoms with E-state index in [-0.39, 0.29) is 5.97 Å². The molecule has 0 saturated carbocycles. The molecule has 2 heterocycles. The summed E-state index contributed by atoms with van der Waals surface area (Å²) in [6, 6.07) is 0. The fraction of sp³-hybridized carbons (Fsp3) is 0.583. The van der Waals surface area contributed by atoms with E-state index in [1.54, 1.807) is 12.4 Å². The van der Waals surface area contributed by atoms with E-state index in [0.717, 1.165) is 43.1 Å². The maximum absolute atomic E-state index is 10.7. The molecule has 0 spiro atoms. The lowest BCUT2D eigenvalue weighted by molar-refractivity contribution is -0.141. The highest BCUT2D eigenvalue weighted by Gasteiger charge is 2.18. The normalized spacial score (nSPS) is 16.4. The van der Waals surface area contributed by atoms with Crippen LogP contribution in [0.4, 0.5) is 5.95 Å². The zero-order valence-corrected chi connectivity index (χ0v) is 12.5. The molecule has 2 rings (SSSR count). The van der Waals surface area contributed by atoms with Gasteiger partial charge in [0.15, 0.2) is 0 Å². The molecule has 0 atom stereocenters. The van der Waals surface area contributed by atoms with Gasteiger partial charge in [0.25, 0.3) is 0 Å². The number of nitrogens with zero attached hydrogens (tertiary/aromatic N) is 4. The van der Waals surface area contributed by atoms with Crippen molar-refractivity contribution in [3.63, 3.8) is 0 Å². The van der Waals surface area contributed by atoms with E-state index < -0.39 is 0 Å². The molecule has 0 aliphatic carbocycles. The van der Waals surface area contributed by atoms with Crippen molar-refractivity contribution in [3.8, 4) is 0 Å². The van der Waals surface area contributed by atoms with Crippen molar-refractivity contribution in [3.05, 3.63) is 16.9 Å². The summed E-state index contributed by atoms with van der Waals surface area (Å²) in [5.74, 6) is 0.546. The van der Waals surface area contributed by atoms with Crippen LogP contribution in [0.5, 0.6) is 0 Å². The van der Waals surface area contributed by atoms with Gasteiger partial charge in [0.2, 0.25) is 5.95 Å². The van der Waals surface area contributed by atoms with Gasteiger partial charge in [-0.2, -0.15) is 0 Å². The van der Waals surface area contributed by atoms with Crippen molar-refractivity contribution >= 4 is 27.8 Å². The Bertz CT molecular complexity index is 418. The number of halogens is 1. The second-order valence-electron chi connectivity index (χ2n) is 4.37. The Morgan fingerprint density at radius 3 is 2.53 bits per heavy atom. The van der Waals surface area contributed by atoms with Crippen molar-refractivity contribution in [2.24, 2.45) is 0 Å². The molecule has 0 bridgehead atoms. The molecule has 1 saturated heterocycles.